The third-order valence-corrected chi connectivity index (χ3v) is 9.62. The van der Waals surface area contributed by atoms with Crippen LogP contribution in [-0.4, -0.2) is 90.4 Å². The standard InChI is InChI=1S/C30H40FN5O7/c1-14(2)23(34-26(38)15-8-9-42-13-15)28(40)36-12-17-22(30(17,3)4)24(36)29(41)35(5)19(25(32)37)11-21-27(39)33-18-10-16(31)6-7-20(18)43-21/h6-7,10,14-15,17,19,21-24H,8-9,11-13H2,1-5H3,(H2,32,37)(H,33,39)(H,34,38)/t15-,17+,19?,21+,22+,23?,24+/m1/s1. The highest BCUT2D eigenvalue weighted by atomic mass is 19.1. The average molecular weight is 602 g/mol. The Kier molecular flexibility index (Phi) is 8.14. The van der Waals surface area contributed by atoms with Crippen LogP contribution in [0.2, 0.25) is 0 Å². The molecule has 12 nitrogen and oxygen atoms in total. The Bertz CT molecular complexity index is 1330. The number of amides is 5. The average Bonchev–Trinajstić information content (AvgIpc) is 3.40. The molecule has 13 heteroatoms. The second kappa shape index (κ2) is 11.4. The van der Waals surface area contributed by atoms with Gasteiger partial charge in [-0.05, 0) is 41.7 Å². The second-order valence-electron chi connectivity index (χ2n) is 13.0. The van der Waals surface area contributed by atoms with E-state index >= 15 is 0 Å². The summed E-state index contributed by atoms with van der Waals surface area (Å²) in [5.41, 5.74) is 5.70. The van der Waals surface area contributed by atoms with E-state index in [1.165, 1.54) is 29.0 Å². The van der Waals surface area contributed by atoms with Crippen molar-refractivity contribution >= 4 is 35.2 Å². The molecule has 0 aromatic heterocycles. The van der Waals surface area contributed by atoms with E-state index in [-0.39, 0.29) is 58.8 Å². The third kappa shape index (κ3) is 5.66. The molecule has 1 saturated carbocycles. The highest BCUT2D eigenvalue weighted by molar-refractivity contribution is 5.99. The summed E-state index contributed by atoms with van der Waals surface area (Å²) in [5, 5.41) is 5.46. The van der Waals surface area contributed by atoms with Crippen molar-refractivity contribution in [3.8, 4) is 5.75 Å². The van der Waals surface area contributed by atoms with Crippen molar-refractivity contribution in [2.24, 2.45) is 34.8 Å². The molecule has 4 N–H and O–H groups in total. The molecule has 3 aliphatic heterocycles. The lowest BCUT2D eigenvalue weighted by Crippen LogP contribution is -2.60. The van der Waals surface area contributed by atoms with E-state index in [0.717, 1.165) is 6.07 Å². The molecule has 4 aliphatic rings. The van der Waals surface area contributed by atoms with Crippen LogP contribution < -0.4 is 21.1 Å². The van der Waals surface area contributed by atoms with E-state index < -0.39 is 47.8 Å². The molecule has 5 rings (SSSR count). The minimum absolute atomic E-state index is 0.0712. The fraction of sp³-hybridized carbons (Fsp3) is 0.633. The van der Waals surface area contributed by atoms with E-state index in [4.69, 9.17) is 15.2 Å². The SMILES string of the molecule is CC(C)C(NC(=O)[C@@H]1CCOC1)C(=O)N1C[C@H]2[C@@H]([C@H]1C(=O)N(C)C(C[C@@H]1Oc3ccc(F)cc3NC1=O)C(N)=O)C2(C)C. The molecule has 0 bridgehead atoms. The quantitative estimate of drug-likeness (QED) is 0.379. The van der Waals surface area contributed by atoms with Gasteiger partial charge in [-0.1, -0.05) is 27.7 Å². The highest BCUT2D eigenvalue weighted by Crippen LogP contribution is 2.65. The molecule has 43 heavy (non-hydrogen) atoms. The number of benzene rings is 1. The third-order valence-electron chi connectivity index (χ3n) is 9.62. The monoisotopic (exact) mass is 601 g/mol. The van der Waals surface area contributed by atoms with Gasteiger partial charge in [-0.25, -0.2) is 4.39 Å². The van der Waals surface area contributed by atoms with Crippen LogP contribution >= 0.6 is 0 Å². The van der Waals surface area contributed by atoms with E-state index in [2.05, 4.69) is 10.6 Å². The number of likely N-dealkylation sites (tertiary alicyclic amines) is 1. The van der Waals surface area contributed by atoms with Crippen LogP contribution in [-0.2, 0) is 28.7 Å². The molecule has 1 aromatic rings. The molecule has 3 heterocycles. The zero-order valence-corrected chi connectivity index (χ0v) is 25.1. The lowest BCUT2D eigenvalue weighted by Gasteiger charge is -2.38. The van der Waals surface area contributed by atoms with Gasteiger partial charge in [0.2, 0.25) is 23.6 Å². The number of ether oxygens (including phenoxy) is 2. The summed E-state index contributed by atoms with van der Waals surface area (Å²) >= 11 is 0. The number of primary amides is 1. The number of carbonyl (C=O) groups is 5. The molecule has 0 radical (unpaired) electrons. The summed E-state index contributed by atoms with van der Waals surface area (Å²) in [7, 11) is 1.43. The summed E-state index contributed by atoms with van der Waals surface area (Å²) in [6.07, 6.45) is -0.831. The summed E-state index contributed by atoms with van der Waals surface area (Å²) in [6, 6.07) is 0.724. The van der Waals surface area contributed by atoms with Gasteiger partial charge >= 0.3 is 0 Å². The van der Waals surface area contributed by atoms with Crippen molar-refractivity contribution < 1.29 is 37.8 Å². The predicted octanol–water partition coefficient (Wildman–Crippen LogP) is 0.888. The molecular weight excluding hydrogens is 561 g/mol. The van der Waals surface area contributed by atoms with Crippen molar-refractivity contribution in [3.05, 3.63) is 24.0 Å². The normalized spacial score (nSPS) is 28.2. The number of hydrogen-bond donors (Lipinski definition) is 3. The molecule has 1 aromatic carbocycles. The number of carbonyl (C=O) groups excluding carboxylic acids is 5. The fourth-order valence-corrected chi connectivity index (χ4v) is 6.81. The van der Waals surface area contributed by atoms with Gasteiger partial charge in [-0.2, -0.15) is 0 Å². The molecule has 2 saturated heterocycles. The maximum atomic E-state index is 14.2. The van der Waals surface area contributed by atoms with Crippen molar-refractivity contribution in [1.82, 2.24) is 15.1 Å². The van der Waals surface area contributed by atoms with Crippen LogP contribution in [0.3, 0.4) is 0 Å². The lowest BCUT2D eigenvalue weighted by molar-refractivity contribution is -0.151. The minimum Gasteiger partial charge on any atom is -0.478 e. The second-order valence-corrected chi connectivity index (χ2v) is 13.0. The van der Waals surface area contributed by atoms with Crippen LogP contribution in [0.5, 0.6) is 5.75 Å². The zero-order chi connectivity index (χ0) is 31.4. The summed E-state index contributed by atoms with van der Waals surface area (Å²) in [5.74, 6) is -3.50. The highest BCUT2D eigenvalue weighted by Gasteiger charge is 2.70. The maximum Gasteiger partial charge on any atom is 0.265 e. The van der Waals surface area contributed by atoms with Crippen LogP contribution in [0.4, 0.5) is 10.1 Å². The van der Waals surface area contributed by atoms with Crippen molar-refractivity contribution in [2.75, 3.05) is 32.1 Å². The Morgan fingerprint density at radius 3 is 2.60 bits per heavy atom. The molecule has 7 atom stereocenters. The number of hydrogen-bond acceptors (Lipinski definition) is 7. The minimum atomic E-state index is -1.23. The smallest absolute Gasteiger partial charge is 0.265 e. The molecule has 0 spiro atoms. The van der Waals surface area contributed by atoms with Gasteiger partial charge in [-0.3, -0.25) is 24.0 Å². The summed E-state index contributed by atoms with van der Waals surface area (Å²) in [4.78, 5) is 69.2. The number of nitrogens with two attached hydrogens (primary N) is 1. The number of likely N-dealkylation sites (N-methyl/N-ethyl adjacent to an activating group) is 1. The summed E-state index contributed by atoms with van der Waals surface area (Å²) in [6.45, 7) is 8.89. The number of nitrogens with one attached hydrogen (secondary N) is 2. The van der Waals surface area contributed by atoms with Gasteiger partial charge in [-0.15, -0.1) is 0 Å². The van der Waals surface area contributed by atoms with E-state index in [1.807, 2.05) is 27.7 Å². The van der Waals surface area contributed by atoms with Crippen LogP contribution in [0.25, 0.3) is 0 Å². The maximum absolute atomic E-state index is 14.2. The van der Waals surface area contributed by atoms with Gasteiger partial charge in [0.1, 0.15) is 29.7 Å². The topological polar surface area (TPSA) is 160 Å². The first-order valence-electron chi connectivity index (χ1n) is 14.7. The van der Waals surface area contributed by atoms with Crippen LogP contribution in [0, 0.1) is 34.9 Å². The van der Waals surface area contributed by atoms with E-state index in [0.29, 0.717) is 26.2 Å². The van der Waals surface area contributed by atoms with E-state index in [9.17, 15) is 28.4 Å². The molecule has 1 aliphatic carbocycles. The van der Waals surface area contributed by atoms with Crippen LogP contribution in [0.15, 0.2) is 18.2 Å². The largest absolute Gasteiger partial charge is 0.478 e. The number of halogens is 1. The molecular formula is C30H40FN5O7. The van der Waals surface area contributed by atoms with Gasteiger partial charge in [0.25, 0.3) is 5.91 Å². The summed E-state index contributed by atoms with van der Waals surface area (Å²) < 4.78 is 24.7. The van der Waals surface area contributed by atoms with Crippen molar-refractivity contribution in [1.29, 1.82) is 0 Å². The Hall–Kier alpha value is -3.74. The predicted molar refractivity (Wildman–Crippen MR) is 152 cm³/mol. The molecule has 2 unspecified atom stereocenters. The number of rotatable bonds is 9. The first-order chi connectivity index (χ1) is 20.2. The number of anilines is 1. The Labute approximate surface area is 249 Å². The molecule has 3 fully saturated rings. The Morgan fingerprint density at radius 2 is 1.98 bits per heavy atom. The van der Waals surface area contributed by atoms with Gasteiger partial charge in [0.05, 0.1) is 18.2 Å². The molecule has 5 amide bonds. The number of piperidine rings is 1. The molecule has 234 valence electrons. The Balaban J connectivity index is 1.34. The first-order valence-corrected chi connectivity index (χ1v) is 14.7. The van der Waals surface area contributed by atoms with Crippen molar-refractivity contribution in [3.63, 3.8) is 0 Å². The van der Waals surface area contributed by atoms with Gasteiger partial charge < -0.3 is 35.6 Å². The first kappa shape index (κ1) is 30.7. The van der Waals surface area contributed by atoms with Gasteiger partial charge in [0.15, 0.2) is 6.10 Å². The van der Waals surface area contributed by atoms with Gasteiger partial charge in [0, 0.05) is 32.7 Å². The van der Waals surface area contributed by atoms with Crippen LogP contribution in [0.1, 0.15) is 40.5 Å². The Morgan fingerprint density at radius 1 is 1.26 bits per heavy atom. The number of fused-ring (bicyclic) bond motifs is 2. The van der Waals surface area contributed by atoms with E-state index in [1.54, 1.807) is 0 Å². The number of nitrogens with zero attached hydrogens (tertiary/aromatic N) is 2. The fourth-order valence-electron chi connectivity index (χ4n) is 6.81. The van der Waals surface area contributed by atoms with Crippen molar-refractivity contribution in [2.45, 2.75) is 64.8 Å². The zero-order valence-electron chi connectivity index (χ0n) is 25.1. The lowest BCUT2D eigenvalue weighted by atomic mass is 9.96.